The van der Waals surface area contributed by atoms with E-state index >= 15 is 0 Å². The van der Waals surface area contributed by atoms with Crippen molar-refractivity contribution in [3.05, 3.63) is 36.5 Å². The van der Waals surface area contributed by atoms with Crippen LogP contribution in [0, 0.1) is 0 Å². The van der Waals surface area contributed by atoms with Crippen LogP contribution in [0.25, 0.3) is 0 Å². The van der Waals surface area contributed by atoms with Crippen LogP contribution in [0.3, 0.4) is 0 Å². The number of allylic oxidation sites excluding steroid dienone is 6. The largest absolute Gasteiger partial charge is 0.0882 e. The molecule has 0 N–H and O–H groups in total. The molecule has 0 aromatic carbocycles. The number of hydrogen-bond donors (Lipinski definition) is 0. The summed E-state index contributed by atoms with van der Waals surface area (Å²) in [5, 5.41) is 0. The van der Waals surface area contributed by atoms with Gasteiger partial charge in [-0.3, -0.25) is 0 Å². The van der Waals surface area contributed by atoms with Crippen molar-refractivity contribution >= 4 is 0 Å². The normalized spacial score (nSPS) is 25.3. The smallest absolute Gasteiger partial charge is 0.0169 e. The molecule has 0 aliphatic heterocycles. The van der Waals surface area contributed by atoms with Crippen molar-refractivity contribution in [1.82, 2.24) is 0 Å². The lowest BCUT2D eigenvalue weighted by Crippen LogP contribution is -1.73. The van der Waals surface area contributed by atoms with Crippen LogP contribution in [0.5, 0.6) is 0 Å². The van der Waals surface area contributed by atoms with E-state index in [1.165, 1.54) is 25.7 Å². The molecule has 0 unspecified atom stereocenters. The third kappa shape index (κ3) is 4.95. The molecule has 12 heavy (non-hydrogen) atoms. The Balaban J connectivity index is 2.31. The van der Waals surface area contributed by atoms with E-state index in [1.54, 1.807) is 0 Å². The Morgan fingerprint density at radius 3 is 1.42 bits per heavy atom. The second-order valence-electron chi connectivity index (χ2n) is 3.17. The Labute approximate surface area is 75.7 Å². The molecule has 1 aliphatic rings. The van der Waals surface area contributed by atoms with Crippen molar-refractivity contribution < 1.29 is 0 Å². The first-order valence-corrected chi connectivity index (χ1v) is 4.95. The van der Waals surface area contributed by atoms with E-state index in [-0.39, 0.29) is 0 Å². The van der Waals surface area contributed by atoms with Crippen LogP contribution in [-0.4, -0.2) is 0 Å². The summed E-state index contributed by atoms with van der Waals surface area (Å²) in [4.78, 5) is 0. The van der Waals surface area contributed by atoms with E-state index in [2.05, 4.69) is 36.5 Å². The molecule has 1 aliphatic carbocycles. The standard InChI is InChI=1S/C12H18/c1-2-4-6-8-10-12-11-9-7-5-3-1/h1-2,5-8H,3-4,9-12H2/b2-1-,7-5-,8-6?. The van der Waals surface area contributed by atoms with Crippen LogP contribution < -0.4 is 0 Å². The zero-order valence-electron chi connectivity index (χ0n) is 7.71. The Bertz CT molecular complexity index is 152. The highest BCUT2D eigenvalue weighted by atomic mass is 13.9. The second kappa shape index (κ2) is 6.90. The van der Waals surface area contributed by atoms with Gasteiger partial charge in [0.15, 0.2) is 0 Å². The average molecular weight is 162 g/mol. The first-order valence-electron chi connectivity index (χ1n) is 4.95. The fourth-order valence-electron chi connectivity index (χ4n) is 1.30. The molecule has 0 fully saturated rings. The molecular formula is C12H18. The minimum Gasteiger partial charge on any atom is -0.0882 e. The van der Waals surface area contributed by atoms with E-state index in [0.717, 1.165) is 12.8 Å². The molecule has 0 radical (unpaired) electrons. The Morgan fingerprint density at radius 2 is 0.917 bits per heavy atom. The lowest BCUT2D eigenvalue weighted by Gasteiger charge is -1.94. The Hall–Kier alpha value is -0.780. The zero-order valence-corrected chi connectivity index (χ0v) is 7.71. The van der Waals surface area contributed by atoms with Crippen LogP contribution in [0.1, 0.15) is 38.5 Å². The molecule has 0 saturated heterocycles. The minimum absolute atomic E-state index is 1.10. The van der Waals surface area contributed by atoms with Gasteiger partial charge < -0.3 is 0 Å². The van der Waals surface area contributed by atoms with Crippen molar-refractivity contribution in [2.24, 2.45) is 0 Å². The highest BCUT2D eigenvalue weighted by molar-refractivity contribution is 4.97. The van der Waals surface area contributed by atoms with Gasteiger partial charge in [0.1, 0.15) is 0 Å². The average Bonchev–Trinajstić information content (AvgIpc) is 2.05. The third-order valence-corrected chi connectivity index (χ3v) is 2.04. The van der Waals surface area contributed by atoms with Crippen molar-refractivity contribution in [2.75, 3.05) is 0 Å². The second-order valence-corrected chi connectivity index (χ2v) is 3.17. The van der Waals surface area contributed by atoms with Crippen molar-refractivity contribution in [1.29, 1.82) is 0 Å². The van der Waals surface area contributed by atoms with Gasteiger partial charge in [0, 0.05) is 0 Å². The highest BCUT2D eigenvalue weighted by Crippen LogP contribution is 2.04. The van der Waals surface area contributed by atoms with Crippen LogP contribution in [0.15, 0.2) is 36.5 Å². The van der Waals surface area contributed by atoms with E-state index in [0.29, 0.717) is 0 Å². The van der Waals surface area contributed by atoms with Gasteiger partial charge in [-0.25, -0.2) is 0 Å². The van der Waals surface area contributed by atoms with Crippen LogP contribution in [0.2, 0.25) is 0 Å². The lowest BCUT2D eigenvalue weighted by molar-refractivity contribution is 0.760. The quantitative estimate of drug-likeness (QED) is 0.472. The fraction of sp³-hybridized carbons (Fsp3) is 0.500. The fourth-order valence-corrected chi connectivity index (χ4v) is 1.30. The van der Waals surface area contributed by atoms with Crippen molar-refractivity contribution in [2.45, 2.75) is 38.5 Å². The molecule has 0 heteroatoms. The summed E-state index contributed by atoms with van der Waals surface area (Å²) in [5.74, 6) is 0. The molecule has 0 spiro atoms. The highest BCUT2D eigenvalue weighted by Gasteiger charge is 1.84. The number of rotatable bonds is 0. The Morgan fingerprint density at radius 1 is 0.500 bits per heavy atom. The van der Waals surface area contributed by atoms with Gasteiger partial charge in [-0.1, -0.05) is 36.5 Å². The maximum absolute atomic E-state index is 2.30. The molecule has 66 valence electrons. The molecule has 0 nitrogen and oxygen atoms in total. The molecule has 0 atom stereocenters. The summed E-state index contributed by atoms with van der Waals surface area (Å²) in [6.45, 7) is 0. The van der Waals surface area contributed by atoms with E-state index in [1.807, 2.05) is 0 Å². The lowest BCUT2D eigenvalue weighted by atomic mass is 10.1. The van der Waals surface area contributed by atoms with Gasteiger partial charge in [0.2, 0.25) is 0 Å². The van der Waals surface area contributed by atoms with Gasteiger partial charge in [0.05, 0.1) is 0 Å². The van der Waals surface area contributed by atoms with Gasteiger partial charge >= 0.3 is 0 Å². The van der Waals surface area contributed by atoms with Crippen molar-refractivity contribution in [3.8, 4) is 0 Å². The third-order valence-electron chi connectivity index (χ3n) is 2.04. The first-order chi connectivity index (χ1) is 6.00. The van der Waals surface area contributed by atoms with Crippen molar-refractivity contribution in [3.63, 3.8) is 0 Å². The van der Waals surface area contributed by atoms with Gasteiger partial charge in [-0.05, 0) is 38.5 Å². The maximum atomic E-state index is 2.30. The molecule has 0 aromatic rings. The van der Waals surface area contributed by atoms with E-state index in [9.17, 15) is 0 Å². The molecule has 0 heterocycles. The SMILES string of the molecule is C1=CCCCC/C=C\C/C=C\C1. The van der Waals surface area contributed by atoms with Gasteiger partial charge in [-0.2, -0.15) is 0 Å². The monoisotopic (exact) mass is 162 g/mol. The summed E-state index contributed by atoms with van der Waals surface area (Å²) < 4.78 is 0. The zero-order chi connectivity index (χ0) is 8.49. The maximum Gasteiger partial charge on any atom is -0.0169 e. The Kier molecular flexibility index (Phi) is 5.35. The summed E-state index contributed by atoms with van der Waals surface area (Å²) in [7, 11) is 0. The van der Waals surface area contributed by atoms with E-state index < -0.39 is 0 Å². The number of hydrogen-bond acceptors (Lipinski definition) is 0. The summed E-state index contributed by atoms with van der Waals surface area (Å²) in [6.07, 6.45) is 21.0. The molecule has 0 saturated carbocycles. The van der Waals surface area contributed by atoms with Crippen LogP contribution >= 0.6 is 0 Å². The molecule has 0 bridgehead atoms. The minimum atomic E-state index is 1.10. The van der Waals surface area contributed by atoms with Crippen LogP contribution in [0.4, 0.5) is 0 Å². The van der Waals surface area contributed by atoms with Crippen LogP contribution in [-0.2, 0) is 0 Å². The summed E-state index contributed by atoms with van der Waals surface area (Å²) in [6, 6.07) is 0. The predicted molar refractivity (Wildman–Crippen MR) is 55.1 cm³/mol. The van der Waals surface area contributed by atoms with Gasteiger partial charge in [0.25, 0.3) is 0 Å². The summed E-state index contributed by atoms with van der Waals surface area (Å²) >= 11 is 0. The topological polar surface area (TPSA) is 0 Å². The molecule has 0 aromatic heterocycles. The molecular weight excluding hydrogens is 144 g/mol. The molecule has 1 rings (SSSR count). The molecule has 0 amide bonds. The summed E-state index contributed by atoms with van der Waals surface area (Å²) in [5.41, 5.74) is 0. The van der Waals surface area contributed by atoms with E-state index in [4.69, 9.17) is 0 Å². The predicted octanol–water partition coefficient (Wildman–Crippen LogP) is 4.01. The van der Waals surface area contributed by atoms with Gasteiger partial charge in [-0.15, -0.1) is 0 Å². The first kappa shape index (κ1) is 9.31.